The molecule has 0 aromatic carbocycles. The lowest BCUT2D eigenvalue weighted by Crippen LogP contribution is -2.49. The van der Waals surface area contributed by atoms with Crippen LogP contribution in [-0.4, -0.2) is 44.4 Å². The molecule has 23 heavy (non-hydrogen) atoms. The number of ketones is 1. The lowest BCUT2D eigenvalue weighted by molar-refractivity contribution is -0.130. The number of nitrogens with one attached hydrogen (secondary N) is 2. The quantitative estimate of drug-likeness (QED) is 0.584. The smallest absolute Gasteiger partial charge is 0.410 e. The first kappa shape index (κ1) is 16.8. The van der Waals surface area contributed by atoms with Crippen LogP contribution in [0.1, 0.15) is 12.8 Å². The molecule has 0 aromatic rings. The third-order valence-electron chi connectivity index (χ3n) is 3.42. The third-order valence-corrected chi connectivity index (χ3v) is 3.42. The molecule has 6 heteroatoms. The molecule has 0 unspecified atom stereocenters. The first-order valence-electron chi connectivity index (χ1n) is 7.21. The van der Waals surface area contributed by atoms with E-state index < -0.39 is 17.8 Å². The van der Waals surface area contributed by atoms with Crippen LogP contribution in [-0.2, 0) is 14.3 Å². The van der Waals surface area contributed by atoms with E-state index in [0.717, 1.165) is 0 Å². The largest absolute Gasteiger partial charge is 0.422 e. The van der Waals surface area contributed by atoms with E-state index in [1.165, 1.54) is 13.2 Å². The normalized spacial score (nSPS) is 26.6. The van der Waals surface area contributed by atoms with Gasteiger partial charge in [-0.2, -0.15) is 0 Å². The van der Waals surface area contributed by atoms with Crippen molar-refractivity contribution in [3.05, 3.63) is 23.8 Å². The number of Topliss-reactive ketones (excluding diaryl/α,β-unsaturated/α-hetero) is 1. The van der Waals surface area contributed by atoms with E-state index in [4.69, 9.17) is 9.47 Å². The summed E-state index contributed by atoms with van der Waals surface area (Å²) in [7, 11) is 3.16. The van der Waals surface area contributed by atoms with Crippen molar-refractivity contribution in [1.29, 1.82) is 0 Å². The van der Waals surface area contributed by atoms with Gasteiger partial charge in [0.2, 0.25) is 11.4 Å². The fourth-order valence-corrected chi connectivity index (χ4v) is 2.32. The summed E-state index contributed by atoms with van der Waals surface area (Å²) in [5, 5.41) is 5.26. The zero-order valence-corrected chi connectivity index (χ0v) is 13.1. The molecule has 2 aliphatic carbocycles. The number of fused-ring (bicyclic) bond motifs is 2. The molecular weight excluding hydrogens is 296 g/mol. The minimum absolute atomic E-state index is 0.227. The minimum atomic E-state index is -1.51. The van der Waals surface area contributed by atoms with Crippen LogP contribution in [0, 0.1) is 23.7 Å². The lowest BCUT2D eigenvalue weighted by atomic mass is 9.81. The Morgan fingerprint density at radius 3 is 2.96 bits per heavy atom. The second-order valence-electron chi connectivity index (χ2n) is 4.96. The number of hydrogen-bond acceptors (Lipinski definition) is 5. The molecule has 2 aliphatic rings. The summed E-state index contributed by atoms with van der Waals surface area (Å²) in [6.45, 7) is 0.227. The van der Waals surface area contributed by atoms with Gasteiger partial charge in [-0.3, -0.25) is 4.79 Å². The molecular formula is C17H18N2O4. The van der Waals surface area contributed by atoms with Crippen molar-refractivity contribution in [2.45, 2.75) is 24.5 Å². The van der Waals surface area contributed by atoms with Crippen molar-refractivity contribution < 1.29 is 19.1 Å². The third kappa shape index (κ3) is 3.81. The number of alkyl carbamates (subject to hydrolysis) is 1. The van der Waals surface area contributed by atoms with Gasteiger partial charge in [0, 0.05) is 19.1 Å². The van der Waals surface area contributed by atoms with E-state index in [1.807, 2.05) is 0 Å². The van der Waals surface area contributed by atoms with Crippen molar-refractivity contribution in [3.63, 3.8) is 0 Å². The van der Waals surface area contributed by atoms with E-state index in [0.29, 0.717) is 18.4 Å². The fourth-order valence-electron chi connectivity index (χ4n) is 2.32. The van der Waals surface area contributed by atoms with Crippen molar-refractivity contribution in [1.82, 2.24) is 10.6 Å². The lowest BCUT2D eigenvalue weighted by Gasteiger charge is -2.32. The Morgan fingerprint density at radius 2 is 2.22 bits per heavy atom. The van der Waals surface area contributed by atoms with Crippen LogP contribution in [0.2, 0.25) is 0 Å². The van der Waals surface area contributed by atoms with E-state index in [9.17, 15) is 9.59 Å². The van der Waals surface area contributed by atoms with Crippen LogP contribution < -0.4 is 10.6 Å². The molecule has 0 aromatic heterocycles. The van der Waals surface area contributed by atoms with E-state index in [1.54, 1.807) is 19.2 Å². The highest BCUT2D eigenvalue weighted by atomic mass is 16.6. The summed E-state index contributed by atoms with van der Waals surface area (Å²) in [6.07, 6.45) is 4.32. The van der Waals surface area contributed by atoms with Crippen molar-refractivity contribution in [2.75, 3.05) is 20.8 Å². The monoisotopic (exact) mass is 314 g/mol. The summed E-state index contributed by atoms with van der Waals surface area (Å²) in [6, 6.07) is 0. The average molecular weight is 314 g/mol. The van der Waals surface area contributed by atoms with Crippen LogP contribution in [0.25, 0.3) is 0 Å². The number of hydrogen-bond donors (Lipinski definition) is 2. The van der Waals surface area contributed by atoms with E-state index in [2.05, 4.69) is 34.3 Å². The van der Waals surface area contributed by atoms with Crippen LogP contribution in [0.5, 0.6) is 0 Å². The molecule has 2 rings (SSSR count). The van der Waals surface area contributed by atoms with Crippen LogP contribution >= 0.6 is 0 Å². The molecule has 1 amide bonds. The van der Waals surface area contributed by atoms with Crippen LogP contribution in [0.15, 0.2) is 23.8 Å². The van der Waals surface area contributed by atoms with Crippen molar-refractivity contribution >= 4 is 11.9 Å². The zero-order chi connectivity index (χ0) is 16.7. The maximum absolute atomic E-state index is 12.9. The topological polar surface area (TPSA) is 76.7 Å². The second-order valence-corrected chi connectivity index (χ2v) is 4.96. The predicted octanol–water partition coefficient (Wildman–Crippen LogP) is 0.509. The molecule has 2 atom stereocenters. The number of carbonyl (C=O) groups is 2. The summed E-state index contributed by atoms with van der Waals surface area (Å²) >= 11 is 0. The first-order chi connectivity index (χ1) is 11.1. The molecule has 2 bridgehead atoms. The zero-order valence-electron chi connectivity index (χ0n) is 13.1. The Morgan fingerprint density at radius 1 is 1.43 bits per heavy atom. The van der Waals surface area contributed by atoms with Crippen molar-refractivity contribution in [3.8, 4) is 23.7 Å². The van der Waals surface area contributed by atoms with E-state index in [-0.39, 0.29) is 12.5 Å². The molecule has 6 nitrogen and oxygen atoms in total. The molecule has 0 fully saturated rings. The van der Waals surface area contributed by atoms with Gasteiger partial charge in [0.05, 0.1) is 6.67 Å². The van der Waals surface area contributed by atoms with Crippen LogP contribution in [0.4, 0.5) is 4.79 Å². The molecule has 0 saturated heterocycles. The van der Waals surface area contributed by atoms with Gasteiger partial charge in [-0.15, -0.1) is 0 Å². The number of carbonyl (C=O) groups excluding carboxylic acids is 2. The highest BCUT2D eigenvalue weighted by Gasteiger charge is 2.46. The standard InChI is InChI=1S/C17H18N2O4/c1-18-12-19-16(21)23-17-10-6-4-3-5-9-14(22-2)13(15(17)20)8-7-11-17/h3-4,8,14,18H,7,11-12H2,1-2H3,(H,19,21)/b4-3-/t14-,17-/m0/s1. The Labute approximate surface area is 135 Å². The molecule has 0 saturated carbocycles. The summed E-state index contributed by atoms with van der Waals surface area (Å²) in [4.78, 5) is 24.8. The fraction of sp³-hybridized carbons (Fsp3) is 0.412. The Kier molecular flexibility index (Phi) is 5.59. The number of allylic oxidation sites excluding steroid dienone is 3. The number of amides is 1. The van der Waals surface area contributed by atoms with Gasteiger partial charge in [0.1, 0.15) is 6.10 Å². The van der Waals surface area contributed by atoms with Crippen molar-refractivity contribution in [2.24, 2.45) is 0 Å². The Bertz CT molecular complexity index is 672. The highest BCUT2D eigenvalue weighted by molar-refractivity contribution is 6.07. The maximum Gasteiger partial charge on any atom is 0.410 e. The highest BCUT2D eigenvalue weighted by Crippen LogP contribution is 2.30. The van der Waals surface area contributed by atoms with Gasteiger partial charge >= 0.3 is 6.09 Å². The van der Waals surface area contributed by atoms with Gasteiger partial charge in [-0.25, -0.2) is 4.79 Å². The predicted molar refractivity (Wildman–Crippen MR) is 84.1 cm³/mol. The molecule has 2 N–H and O–H groups in total. The summed E-state index contributed by atoms with van der Waals surface area (Å²) in [5.41, 5.74) is -1.14. The van der Waals surface area contributed by atoms with Gasteiger partial charge < -0.3 is 20.1 Å². The summed E-state index contributed by atoms with van der Waals surface area (Å²) < 4.78 is 10.7. The Balaban J connectivity index is 2.37. The number of rotatable bonds is 4. The van der Waals surface area contributed by atoms with Gasteiger partial charge in [-0.05, 0) is 31.5 Å². The first-order valence-corrected chi connectivity index (χ1v) is 7.21. The van der Waals surface area contributed by atoms with Gasteiger partial charge in [0.15, 0.2) is 0 Å². The van der Waals surface area contributed by atoms with Gasteiger partial charge in [-0.1, -0.05) is 23.8 Å². The summed E-state index contributed by atoms with van der Waals surface area (Å²) in [5.74, 6) is 10.8. The molecule has 0 aliphatic heterocycles. The molecule has 0 radical (unpaired) electrons. The Hall–Kier alpha value is -2.54. The molecule has 0 heterocycles. The average Bonchev–Trinajstić information content (AvgIpc) is 2.54. The SMILES string of the molecule is CNCNC(=O)O[C@@]12C#C/C=C\C#C[C@H](OC)C(=CCC1)C2=O. The van der Waals surface area contributed by atoms with Crippen LogP contribution in [0.3, 0.4) is 0 Å². The van der Waals surface area contributed by atoms with E-state index >= 15 is 0 Å². The maximum atomic E-state index is 12.9. The van der Waals surface area contributed by atoms with Gasteiger partial charge in [0.25, 0.3) is 0 Å². The molecule has 0 spiro atoms. The second kappa shape index (κ2) is 7.64. The number of ether oxygens (including phenoxy) is 2. The molecule has 120 valence electrons. The number of methoxy groups -OCH3 is 1. The minimum Gasteiger partial charge on any atom is -0.422 e.